The fraction of sp³-hybridized carbons (Fsp3) is 0.250. The highest BCUT2D eigenvalue weighted by atomic mass is 32.1. The van der Waals surface area contributed by atoms with Gasteiger partial charge in [0.15, 0.2) is 0 Å². The normalized spacial score (nSPS) is 16.9. The molecule has 0 spiro atoms. The lowest BCUT2D eigenvalue weighted by atomic mass is 10.1. The summed E-state index contributed by atoms with van der Waals surface area (Å²) in [5.74, 6) is 1.24. The Balaban J connectivity index is 1.30. The van der Waals surface area contributed by atoms with Crippen LogP contribution in [0.25, 0.3) is 10.2 Å². The summed E-state index contributed by atoms with van der Waals surface area (Å²) in [4.78, 5) is 33.9. The molecule has 0 saturated carbocycles. The lowest BCUT2D eigenvalue weighted by molar-refractivity contribution is 0.0952. The summed E-state index contributed by atoms with van der Waals surface area (Å²) in [5.41, 5.74) is 2.84. The van der Waals surface area contributed by atoms with Crippen LogP contribution in [0.3, 0.4) is 0 Å². The van der Waals surface area contributed by atoms with Crippen LogP contribution < -0.4 is 25.6 Å². The lowest BCUT2D eigenvalue weighted by Gasteiger charge is -2.29. The van der Waals surface area contributed by atoms with Gasteiger partial charge in [0.1, 0.15) is 21.2 Å². The number of anilines is 3. The Morgan fingerprint density at radius 1 is 1.14 bits per heavy atom. The topological polar surface area (TPSA) is 95.6 Å². The molecule has 2 aliphatic rings. The molecule has 3 amide bonds. The van der Waals surface area contributed by atoms with Gasteiger partial charge in [-0.1, -0.05) is 24.6 Å². The van der Waals surface area contributed by atoms with Crippen LogP contribution in [-0.4, -0.2) is 36.1 Å². The van der Waals surface area contributed by atoms with Gasteiger partial charge < -0.3 is 20.7 Å². The van der Waals surface area contributed by atoms with E-state index < -0.39 is 0 Å². The van der Waals surface area contributed by atoms with E-state index in [9.17, 15) is 9.59 Å². The molecule has 0 radical (unpaired) electrons. The molecular formula is C28H27N5O3S. The van der Waals surface area contributed by atoms with Crippen LogP contribution in [0.5, 0.6) is 11.5 Å². The number of piperidine rings is 1. The van der Waals surface area contributed by atoms with E-state index in [0.717, 1.165) is 35.4 Å². The highest BCUT2D eigenvalue weighted by molar-refractivity contribution is 7.21. The molecule has 0 bridgehead atoms. The summed E-state index contributed by atoms with van der Waals surface area (Å²) in [6.07, 6.45) is 5.06. The molecule has 3 N–H and O–H groups in total. The second-order valence-electron chi connectivity index (χ2n) is 9.30. The number of para-hydroxylation sites is 1. The average molecular weight is 514 g/mol. The number of thiophene rings is 1. The molecule has 37 heavy (non-hydrogen) atoms. The third-order valence-electron chi connectivity index (χ3n) is 6.76. The summed E-state index contributed by atoms with van der Waals surface area (Å²) in [6.45, 7) is 3.48. The minimum Gasteiger partial charge on any atom is -0.457 e. The first-order valence-corrected chi connectivity index (χ1v) is 13.3. The predicted molar refractivity (Wildman–Crippen MR) is 146 cm³/mol. The maximum absolute atomic E-state index is 13.4. The standard InChI is InChI=1S/C28H27N5O3S/c1-17-15-20(36-19-8-3-2-4-9-19)10-11-21(17)33-22-12-14-30-27-23(22)24(32-28(33)35)25(37-27)26(34)31-16-18-7-5-6-13-29-18/h2-4,8-12,14-15,18,29H,5-7,13,16H2,1H3,(H,31,34)(H,32,35)/t18-/m0/s1. The summed E-state index contributed by atoms with van der Waals surface area (Å²) in [7, 11) is 0. The Hall–Kier alpha value is -3.95. The molecule has 0 unspecified atom stereocenters. The number of urea groups is 1. The molecule has 188 valence electrons. The number of aryl methyl sites for hydroxylation is 1. The number of carbonyl (C=O) groups is 2. The lowest BCUT2D eigenvalue weighted by Crippen LogP contribution is -2.43. The van der Waals surface area contributed by atoms with Crippen LogP contribution in [0.15, 0.2) is 60.8 Å². The second-order valence-corrected chi connectivity index (χ2v) is 10.3. The van der Waals surface area contributed by atoms with Gasteiger partial charge in [-0.15, -0.1) is 11.3 Å². The Morgan fingerprint density at radius 3 is 2.78 bits per heavy atom. The smallest absolute Gasteiger partial charge is 0.331 e. The van der Waals surface area contributed by atoms with Gasteiger partial charge in [-0.25, -0.2) is 9.78 Å². The molecule has 4 aromatic rings. The van der Waals surface area contributed by atoms with Crippen LogP contribution in [0, 0.1) is 6.92 Å². The zero-order chi connectivity index (χ0) is 25.4. The van der Waals surface area contributed by atoms with E-state index in [1.54, 1.807) is 11.1 Å². The number of pyridine rings is 1. The number of hydrogen-bond donors (Lipinski definition) is 3. The zero-order valence-electron chi connectivity index (χ0n) is 20.4. The van der Waals surface area contributed by atoms with E-state index >= 15 is 0 Å². The first-order valence-electron chi connectivity index (χ1n) is 12.5. The van der Waals surface area contributed by atoms with Crippen molar-refractivity contribution in [2.24, 2.45) is 0 Å². The molecule has 8 nitrogen and oxygen atoms in total. The Bertz CT molecular complexity index is 1480. The Labute approximate surface area is 218 Å². The summed E-state index contributed by atoms with van der Waals surface area (Å²) < 4.78 is 5.96. The molecule has 2 aromatic carbocycles. The Kier molecular flexibility index (Phi) is 6.23. The summed E-state index contributed by atoms with van der Waals surface area (Å²) >= 11 is 1.30. The largest absolute Gasteiger partial charge is 0.457 e. The number of nitrogens with one attached hydrogen (secondary N) is 3. The minimum atomic E-state index is -0.318. The van der Waals surface area contributed by atoms with Crippen molar-refractivity contribution in [3.63, 3.8) is 0 Å². The van der Waals surface area contributed by atoms with Gasteiger partial charge in [0.25, 0.3) is 5.91 Å². The van der Waals surface area contributed by atoms with E-state index in [2.05, 4.69) is 20.9 Å². The first kappa shape index (κ1) is 23.4. The zero-order valence-corrected chi connectivity index (χ0v) is 21.2. The molecule has 0 aliphatic carbocycles. The molecule has 1 saturated heterocycles. The molecular weight excluding hydrogens is 486 g/mol. The van der Waals surface area contributed by atoms with Crippen molar-refractivity contribution in [2.45, 2.75) is 32.2 Å². The van der Waals surface area contributed by atoms with Gasteiger partial charge in [-0.3, -0.25) is 9.69 Å². The minimum absolute atomic E-state index is 0.191. The maximum atomic E-state index is 13.4. The number of nitrogens with zero attached hydrogens (tertiary/aromatic N) is 2. The number of rotatable bonds is 6. The van der Waals surface area contributed by atoms with Crippen LogP contribution >= 0.6 is 11.3 Å². The van der Waals surface area contributed by atoms with Gasteiger partial charge >= 0.3 is 6.03 Å². The molecule has 1 fully saturated rings. The third kappa shape index (κ3) is 4.52. The van der Waals surface area contributed by atoms with Crippen molar-refractivity contribution in [3.05, 3.63) is 71.2 Å². The molecule has 6 rings (SSSR count). The monoisotopic (exact) mass is 513 g/mol. The summed E-state index contributed by atoms with van der Waals surface area (Å²) in [5, 5.41) is 10.2. The quantitative estimate of drug-likeness (QED) is 0.296. The molecule has 1 atom stereocenters. The third-order valence-corrected chi connectivity index (χ3v) is 7.86. The first-order chi connectivity index (χ1) is 18.1. The van der Waals surface area contributed by atoms with Crippen molar-refractivity contribution in [1.82, 2.24) is 15.6 Å². The fourth-order valence-corrected chi connectivity index (χ4v) is 5.98. The number of aromatic nitrogens is 1. The SMILES string of the molecule is Cc1cc(Oc2ccccc2)ccc1N1C(=O)Nc2c(C(=O)NC[C@@H]3CCCCN3)sc3nccc1c23. The number of amides is 3. The highest BCUT2D eigenvalue weighted by Crippen LogP contribution is 2.46. The van der Waals surface area contributed by atoms with Crippen LogP contribution in [-0.2, 0) is 0 Å². The maximum Gasteiger partial charge on any atom is 0.331 e. The van der Waals surface area contributed by atoms with E-state index in [0.29, 0.717) is 33.4 Å². The van der Waals surface area contributed by atoms with Crippen molar-refractivity contribution < 1.29 is 14.3 Å². The molecule has 9 heteroatoms. The van der Waals surface area contributed by atoms with Crippen LogP contribution in [0.1, 0.15) is 34.5 Å². The second kappa shape index (κ2) is 9.84. The van der Waals surface area contributed by atoms with Gasteiger partial charge in [0, 0.05) is 18.8 Å². The van der Waals surface area contributed by atoms with Crippen LogP contribution in [0.2, 0.25) is 0 Å². The number of ether oxygens (including phenoxy) is 1. The average Bonchev–Trinajstić information content (AvgIpc) is 3.29. The number of hydrogen-bond acceptors (Lipinski definition) is 6. The van der Waals surface area contributed by atoms with Crippen LogP contribution in [0.4, 0.5) is 21.9 Å². The molecule has 4 heterocycles. The highest BCUT2D eigenvalue weighted by Gasteiger charge is 2.33. The fourth-order valence-electron chi connectivity index (χ4n) is 4.94. The van der Waals surface area contributed by atoms with E-state index in [4.69, 9.17) is 4.74 Å². The number of benzene rings is 2. The molecule has 2 aliphatic heterocycles. The van der Waals surface area contributed by atoms with Crippen molar-refractivity contribution >= 4 is 50.6 Å². The van der Waals surface area contributed by atoms with Gasteiger partial charge in [-0.2, -0.15) is 0 Å². The molecule has 2 aromatic heterocycles. The van der Waals surface area contributed by atoms with Crippen molar-refractivity contribution in [2.75, 3.05) is 23.3 Å². The van der Waals surface area contributed by atoms with Gasteiger partial charge in [0.05, 0.1) is 22.4 Å². The Morgan fingerprint density at radius 2 is 2.00 bits per heavy atom. The summed E-state index contributed by atoms with van der Waals surface area (Å²) in [6, 6.07) is 17.0. The van der Waals surface area contributed by atoms with Gasteiger partial charge in [-0.05, 0) is 68.3 Å². The van der Waals surface area contributed by atoms with Crippen molar-refractivity contribution in [1.29, 1.82) is 0 Å². The van der Waals surface area contributed by atoms with E-state index in [1.165, 1.54) is 24.2 Å². The predicted octanol–water partition coefficient (Wildman–Crippen LogP) is 5.95. The van der Waals surface area contributed by atoms with E-state index in [1.807, 2.05) is 61.5 Å². The van der Waals surface area contributed by atoms with Gasteiger partial charge in [0.2, 0.25) is 0 Å². The van der Waals surface area contributed by atoms with E-state index in [-0.39, 0.29) is 18.0 Å². The number of carbonyl (C=O) groups excluding carboxylic acids is 2. The van der Waals surface area contributed by atoms with Crippen molar-refractivity contribution in [3.8, 4) is 11.5 Å².